The maximum atomic E-state index is 5.83. The summed E-state index contributed by atoms with van der Waals surface area (Å²) >= 11 is 0. The second-order valence-electron chi connectivity index (χ2n) is 4.50. The van der Waals surface area contributed by atoms with Gasteiger partial charge in [0.1, 0.15) is 6.61 Å². The Balaban J connectivity index is 2.16. The molecule has 0 atom stereocenters. The molecule has 0 saturated carbocycles. The van der Waals surface area contributed by atoms with Crippen LogP contribution in [0.5, 0.6) is 5.75 Å². The van der Waals surface area contributed by atoms with Gasteiger partial charge in [-0.3, -0.25) is 0 Å². The van der Waals surface area contributed by atoms with Crippen molar-refractivity contribution in [3.8, 4) is 5.75 Å². The Morgan fingerprint density at radius 1 is 1.06 bits per heavy atom. The average Bonchev–Trinajstić information content (AvgIpc) is 2.31. The van der Waals surface area contributed by atoms with Gasteiger partial charge in [-0.05, 0) is 49.6 Å². The minimum absolute atomic E-state index is 0.446. The Hall–Kier alpha value is -2.03. The first-order valence-corrected chi connectivity index (χ1v) is 5.99. The fourth-order valence-corrected chi connectivity index (χ4v) is 1.91. The van der Waals surface area contributed by atoms with Gasteiger partial charge < -0.3 is 10.5 Å². The van der Waals surface area contributed by atoms with Crippen LogP contribution in [0.15, 0.2) is 30.3 Å². The number of hydrogen-bond acceptors (Lipinski definition) is 3. The number of benzene rings is 1. The van der Waals surface area contributed by atoms with Crippen LogP contribution in [0.4, 0.5) is 5.82 Å². The molecular weight excluding hydrogens is 224 g/mol. The zero-order chi connectivity index (χ0) is 13.1. The lowest BCUT2D eigenvalue weighted by atomic mass is 10.0. The van der Waals surface area contributed by atoms with Gasteiger partial charge in [0.05, 0.1) is 0 Å². The summed E-state index contributed by atoms with van der Waals surface area (Å²) in [7, 11) is 0. The van der Waals surface area contributed by atoms with Crippen LogP contribution in [0.3, 0.4) is 0 Å². The van der Waals surface area contributed by atoms with Gasteiger partial charge in [0.25, 0.3) is 0 Å². The molecule has 1 aromatic carbocycles. The number of nitrogen functional groups attached to an aromatic ring is 1. The molecule has 0 amide bonds. The van der Waals surface area contributed by atoms with Gasteiger partial charge in [-0.15, -0.1) is 0 Å². The first-order valence-electron chi connectivity index (χ1n) is 5.99. The number of aryl methyl sites for hydroxylation is 3. The molecule has 0 aliphatic heterocycles. The lowest BCUT2D eigenvalue weighted by Crippen LogP contribution is -2.03. The number of nitrogens with two attached hydrogens (primary N) is 1. The number of pyridine rings is 1. The number of hydrogen-bond donors (Lipinski definition) is 1. The zero-order valence-electron chi connectivity index (χ0n) is 11.0. The van der Waals surface area contributed by atoms with E-state index in [1.807, 2.05) is 19.1 Å². The molecule has 3 heteroatoms. The summed E-state index contributed by atoms with van der Waals surface area (Å²) in [6.07, 6.45) is 0. The van der Waals surface area contributed by atoms with Crippen LogP contribution < -0.4 is 10.5 Å². The van der Waals surface area contributed by atoms with Crippen molar-refractivity contribution in [3.63, 3.8) is 0 Å². The van der Waals surface area contributed by atoms with E-state index in [1.165, 1.54) is 16.7 Å². The Bertz CT molecular complexity index is 544. The normalized spacial score (nSPS) is 10.4. The summed E-state index contributed by atoms with van der Waals surface area (Å²) < 4.78 is 5.75. The third-order valence-corrected chi connectivity index (χ3v) is 3.04. The van der Waals surface area contributed by atoms with E-state index >= 15 is 0 Å². The van der Waals surface area contributed by atoms with Gasteiger partial charge in [-0.1, -0.05) is 18.2 Å². The highest BCUT2D eigenvalue weighted by atomic mass is 16.5. The molecule has 2 N–H and O–H groups in total. The van der Waals surface area contributed by atoms with Crippen LogP contribution in [0.2, 0.25) is 0 Å². The van der Waals surface area contributed by atoms with E-state index < -0.39 is 0 Å². The Kier molecular flexibility index (Phi) is 3.51. The fourth-order valence-electron chi connectivity index (χ4n) is 1.91. The quantitative estimate of drug-likeness (QED) is 0.899. The van der Waals surface area contributed by atoms with Gasteiger partial charge in [0, 0.05) is 5.69 Å². The molecule has 0 unspecified atom stereocenters. The second kappa shape index (κ2) is 5.08. The molecule has 0 fully saturated rings. The topological polar surface area (TPSA) is 48.1 Å². The molecule has 0 aliphatic rings. The van der Waals surface area contributed by atoms with Crippen molar-refractivity contribution in [1.29, 1.82) is 0 Å². The molecule has 2 aromatic rings. The molecule has 1 heterocycles. The monoisotopic (exact) mass is 242 g/mol. The van der Waals surface area contributed by atoms with E-state index in [9.17, 15) is 0 Å². The molecular formula is C15H18N2O. The number of anilines is 1. The van der Waals surface area contributed by atoms with E-state index in [4.69, 9.17) is 10.5 Å². The molecule has 0 aliphatic carbocycles. The number of nitrogens with zero attached hydrogens (tertiary/aromatic N) is 1. The smallest absolute Gasteiger partial charge is 0.166 e. The van der Waals surface area contributed by atoms with Gasteiger partial charge in [0.2, 0.25) is 0 Å². The molecule has 0 bridgehead atoms. The lowest BCUT2D eigenvalue weighted by molar-refractivity contribution is 0.305. The summed E-state index contributed by atoms with van der Waals surface area (Å²) in [4.78, 5) is 4.18. The molecule has 1 aromatic heterocycles. The van der Waals surface area contributed by atoms with Crippen molar-refractivity contribution in [2.24, 2.45) is 0 Å². The molecule has 2 rings (SSSR count). The van der Waals surface area contributed by atoms with Gasteiger partial charge in [-0.25, -0.2) is 4.98 Å². The van der Waals surface area contributed by atoms with Crippen molar-refractivity contribution in [2.75, 3.05) is 5.73 Å². The number of ether oxygens (including phenoxy) is 1. The van der Waals surface area contributed by atoms with E-state index in [0.29, 0.717) is 18.2 Å². The lowest BCUT2D eigenvalue weighted by Gasteiger charge is -2.12. The Morgan fingerprint density at radius 2 is 1.72 bits per heavy atom. The highest BCUT2D eigenvalue weighted by Crippen LogP contribution is 2.22. The van der Waals surface area contributed by atoms with Crippen molar-refractivity contribution in [3.05, 3.63) is 52.7 Å². The van der Waals surface area contributed by atoms with Gasteiger partial charge >= 0.3 is 0 Å². The zero-order valence-corrected chi connectivity index (χ0v) is 11.0. The second-order valence-corrected chi connectivity index (χ2v) is 4.50. The third kappa shape index (κ3) is 2.62. The Labute approximate surface area is 108 Å². The van der Waals surface area contributed by atoms with Crippen molar-refractivity contribution in [2.45, 2.75) is 27.4 Å². The summed E-state index contributed by atoms with van der Waals surface area (Å²) in [5, 5.41) is 0. The van der Waals surface area contributed by atoms with Crippen LogP contribution in [-0.2, 0) is 6.61 Å². The van der Waals surface area contributed by atoms with Crippen LogP contribution in [0.25, 0.3) is 0 Å². The maximum absolute atomic E-state index is 5.83. The first kappa shape index (κ1) is 12.4. The third-order valence-electron chi connectivity index (χ3n) is 3.04. The predicted octanol–water partition coefficient (Wildman–Crippen LogP) is 3.17. The van der Waals surface area contributed by atoms with Crippen molar-refractivity contribution in [1.82, 2.24) is 4.98 Å². The summed E-state index contributed by atoms with van der Waals surface area (Å²) in [6, 6.07) is 9.99. The van der Waals surface area contributed by atoms with Crippen LogP contribution >= 0.6 is 0 Å². The summed E-state index contributed by atoms with van der Waals surface area (Å²) in [5.74, 6) is 1.09. The van der Waals surface area contributed by atoms with Crippen LogP contribution in [0.1, 0.15) is 22.4 Å². The van der Waals surface area contributed by atoms with Crippen LogP contribution in [-0.4, -0.2) is 4.98 Å². The first-order chi connectivity index (χ1) is 8.58. The number of rotatable bonds is 3. The SMILES string of the molecule is Cc1ccc(OCc2c(C)cccc2C)c(N)n1. The standard InChI is InChI=1S/C15H18N2O/c1-10-5-4-6-11(2)13(10)9-18-14-8-7-12(3)17-15(14)16/h4-8H,9H2,1-3H3,(H2,16,17). The van der Waals surface area contributed by atoms with E-state index in [0.717, 1.165) is 5.69 Å². The van der Waals surface area contributed by atoms with E-state index in [-0.39, 0.29) is 0 Å². The molecule has 0 spiro atoms. The van der Waals surface area contributed by atoms with Crippen molar-refractivity contribution >= 4 is 5.82 Å². The van der Waals surface area contributed by atoms with E-state index in [1.54, 1.807) is 0 Å². The average molecular weight is 242 g/mol. The summed E-state index contributed by atoms with van der Waals surface area (Å²) in [5.41, 5.74) is 10.4. The molecule has 0 radical (unpaired) electrons. The molecule has 94 valence electrons. The maximum Gasteiger partial charge on any atom is 0.166 e. The Morgan fingerprint density at radius 3 is 2.33 bits per heavy atom. The highest BCUT2D eigenvalue weighted by molar-refractivity contribution is 5.46. The molecule has 3 nitrogen and oxygen atoms in total. The minimum Gasteiger partial charge on any atom is -0.485 e. The van der Waals surface area contributed by atoms with Gasteiger partial charge in [0.15, 0.2) is 11.6 Å². The van der Waals surface area contributed by atoms with E-state index in [2.05, 4.69) is 37.0 Å². The fraction of sp³-hybridized carbons (Fsp3) is 0.267. The highest BCUT2D eigenvalue weighted by Gasteiger charge is 2.06. The number of aromatic nitrogens is 1. The largest absolute Gasteiger partial charge is 0.485 e. The van der Waals surface area contributed by atoms with Crippen LogP contribution in [0, 0.1) is 20.8 Å². The van der Waals surface area contributed by atoms with Crippen molar-refractivity contribution < 1.29 is 4.74 Å². The summed E-state index contributed by atoms with van der Waals surface area (Å²) in [6.45, 7) is 6.60. The minimum atomic E-state index is 0.446. The van der Waals surface area contributed by atoms with Gasteiger partial charge in [-0.2, -0.15) is 0 Å². The predicted molar refractivity (Wildman–Crippen MR) is 73.6 cm³/mol. The molecule has 18 heavy (non-hydrogen) atoms. The molecule has 0 saturated heterocycles.